The van der Waals surface area contributed by atoms with Crippen LogP contribution in [-0.2, 0) is 0 Å². The van der Waals surface area contributed by atoms with Gasteiger partial charge in [0.1, 0.15) is 0 Å². The van der Waals surface area contributed by atoms with Crippen LogP contribution in [0.25, 0.3) is 16.8 Å². The van der Waals surface area contributed by atoms with Crippen LogP contribution in [-0.4, -0.2) is 0 Å². The molecule has 23 heavy (non-hydrogen) atoms. The van der Waals surface area contributed by atoms with Crippen LogP contribution in [0.5, 0.6) is 0 Å². The van der Waals surface area contributed by atoms with Gasteiger partial charge in [0.15, 0.2) is 0 Å². The molecule has 1 nitrogen and oxygen atoms in total. The number of anilines is 2. The van der Waals surface area contributed by atoms with E-state index < -0.39 is 0 Å². The van der Waals surface area contributed by atoms with Gasteiger partial charge >= 0.3 is 0 Å². The Balaban J connectivity index is 0.000000924. The first-order valence-electron chi connectivity index (χ1n) is 8.25. The zero-order valence-corrected chi connectivity index (χ0v) is 14.4. The van der Waals surface area contributed by atoms with Crippen LogP contribution < -0.4 is 5.32 Å². The maximum atomic E-state index is 3.49. The van der Waals surface area contributed by atoms with Crippen molar-refractivity contribution in [2.75, 3.05) is 5.32 Å². The molecule has 0 saturated heterocycles. The number of benzene rings is 3. The van der Waals surface area contributed by atoms with Crippen molar-refractivity contribution < 1.29 is 0 Å². The second-order valence-electron chi connectivity index (χ2n) is 5.26. The van der Waals surface area contributed by atoms with E-state index in [2.05, 4.69) is 85.1 Å². The van der Waals surface area contributed by atoms with Gasteiger partial charge in [0, 0.05) is 11.4 Å². The highest BCUT2D eigenvalue weighted by molar-refractivity contribution is 5.86. The molecule has 0 bridgehead atoms. The predicted molar refractivity (Wildman–Crippen MR) is 104 cm³/mol. The van der Waals surface area contributed by atoms with Crippen molar-refractivity contribution >= 4 is 28.2 Å². The lowest BCUT2D eigenvalue weighted by Gasteiger charge is -2.10. The molecule has 0 radical (unpaired) electrons. The summed E-state index contributed by atoms with van der Waals surface area (Å²) < 4.78 is 0. The summed E-state index contributed by atoms with van der Waals surface area (Å²) in [5.74, 6) is 0. The fraction of sp³-hybridized carbons (Fsp3) is 0.182. The molecule has 1 heteroatoms. The van der Waals surface area contributed by atoms with E-state index in [0.717, 1.165) is 11.4 Å². The van der Waals surface area contributed by atoms with E-state index in [9.17, 15) is 0 Å². The summed E-state index contributed by atoms with van der Waals surface area (Å²) in [7, 11) is 0. The fourth-order valence-corrected chi connectivity index (χ4v) is 2.51. The molecule has 0 aliphatic heterocycles. The Morgan fingerprint density at radius 1 is 0.783 bits per heavy atom. The van der Waals surface area contributed by atoms with Crippen molar-refractivity contribution in [1.29, 1.82) is 0 Å². The zero-order valence-electron chi connectivity index (χ0n) is 14.4. The SMILES string of the molecule is C/C=C\c1cc(Nc2ccc3ccccc3c2)ccc1C.CC. The lowest BCUT2D eigenvalue weighted by Crippen LogP contribution is -1.92. The number of hydrogen-bond donors (Lipinski definition) is 1. The highest BCUT2D eigenvalue weighted by Gasteiger charge is 2.00. The van der Waals surface area contributed by atoms with Crippen LogP contribution in [0.3, 0.4) is 0 Å². The third-order valence-electron chi connectivity index (χ3n) is 3.66. The molecule has 118 valence electrons. The molecule has 0 saturated carbocycles. The molecule has 0 aliphatic carbocycles. The van der Waals surface area contributed by atoms with E-state index in [1.807, 2.05) is 20.8 Å². The number of fused-ring (bicyclic) bond motifs is 1. The fourth-order valence-electron chi connectivity index (χ4n) is 2.51. The largest absolute Gasteiger partial charge is 0.355 e. The van der Waals surface area contributed by atoms with E-state index in [1.54, 1.807) is 0 Å². The summed E-state index contributed by atoms with van der Waals surface area (Å²) in [6.45, 7) is 8.18. The van der Waals surface area contributed by atoms with Gasteiger partial charge in [-0.1, -0.05) is 62.4 Å². The van der Waals surface area contributed by atoms with Crippen LogP contribution in [0.2, 0.25) is 0 Å². The summed E-state index contributed by atoms with van der Waals surface area (Å²) in [6, 6.07) is 21.3. The Bertz CT molecular complexity index is 800. The van der Waals surface area contributed by atoms with Crippen molar-refractivity contribution in [3.05, 3.63) is 77.9 Å². The van der Waals surface area contributed by atoms with Crippen LogP contribution in [0, 0.1) is 6.92 Å². The first-order valence-corrected chi connectivity index (χ1v) is 8.25. The van der Waals surface area contributed by atoms with Crippen LogP contribution in [0.1, 0.15) is 31.9 Å². The molecule has 0 heterocycles. The van der Waals surface area contributed by atoms with Crippen LogP contribution >= 0.6 is 0 Å². The van der Waals surface area contributed by atoms with Gasteiger partial charge in [0.05, 0.1) is 0 Å². The third kappa shape index (κ3) is 4.23. The Morgan fingerprint density at radius 3 is 2.17 bits per heavy atom. The van der Waals surface area contributed by atoms with E-state index in [1.165, 1.54) is 21.9 Å². The molecule has 3 rings (SSSR count). The summed E-state index contributed by atoms with van der Waals surface area (Å²) in [6.07, 6.45) is 4.21. The Hall–Kier alpha value is -2.54. The van der Waals surface area contributed by atoms with Gasteiger partial charge in [0.25, 0.3) is 0 Å². The average molecular weight is 303 g/mol. The monoisotopic (exact) mass is 303 g/mol. The van der Waals surface area contributed by atoms with Crippen molar-refractivity contribution in [3.63, 3.8) is 0 Å². The van der Waals surface area contributed by atoms with Crippen molar-refractivity contribution in [1.82, 2.24) is 0 Å². The third-order valence-corrected chi connectivity index (χ3v) is 3.66. The van der Waals surface area contributed by atoms with Gasteiger partial charge in [0.2, 0.25) is 0 Å². The van der Waals surface area contributed by atoms with Crippen molar-refractivity contribution in [2.24, 2.45) is 0 Å². The number of nitrogens with one attached hydrogen (secondary N) is 1. The van der Waals surface area contributed by atoms with E-state index in [0.29, 0.717) is 0 Å². The molecule has 0 unspecified atom stereocenters. The van der Waals surface area contributed by atoms with Gasteiger partial charge in [-0.25, -0.2) is 0 Å². The molecular weight excluding hydrogens is 278 g/mol. The average Bonchev–Trinajstić information content (AvgIpc) is 2.60. The van der Waals surface area contributed by atoms with Gasteiger partial charge < -0.3 is 5.32 Å². The topological polar surface area (TPSA) is 12.0 Å². The summed E-state index contributed by atoms with van der Waals surface area (Å²) in [5, 5.41) is 6.01. The Kier molecular flexibility index (Phi) is 5.99. The summed E-state index contributed by atoms with van der Waals surface area (Å²) in [4.78, 5) is 0. The van der Waals surface area contributed by atoms with Gasteiger partial charge in [-0.2, -0.15) is 0 Å². The highest BCUT2D eigenvalue weighted by Crippen LogP contribution is 2.24. The standard InChI is InChI=1S/C20H19N.C2H6/c1-3-6-17-13-19(11-9-15(17)2)21-20-12-10-16-7-4-5-8-18(16)14-20;1-2/h3-14,21H,1-2H3;1-2H3/b6-3-;. The molecular formula is C22H25N. The van der Waals surface area contributed by atoms with Crippen molar-refractivity contribution in [3.8, 4) is 0 Å². The molecule has 3 aromatic rings. The zero-order chi connectivity index (χ0) is 16.7. The molecule has 0 amide bonds. The highest BCUT2D eigenvalue weighted by atomic mass is 14.9. The molecule has 1 N–H and O–H groups in total. The number of rotatable bonds is 3. The van der Waals surface area contributed by atoms with Gasteiger partial charge in [-0.05, 0) is 60.0 Å². The summed E-state index contributed by atoms with van der Waals surface area (Å²) >= 11 is 0. The number of allylic oxidation sites excluding steroid dienone is 1. The predicted octanol–water partition coefficient (Wildman–Crippen LogP) is 6.95. The van der Waals surface area contributed by atoms with Crippen LogP contribution in [0.15, 0.2) is 66.7 Å². The molecule has 0 atom stereocenters. The van der Waals surface area contributed by atoms with Gasteiger partial charge in [-0.15, -0.1) is 0 Å². The minimum absolute atomic E-state index is 1.11. The Morgan fingerprint density at radius 2 is 1.43 bits per heavy atom. The normalized spacial score (nSPS) is 10.4. The molecule has 0 fully saturated rings. The number of hydrogen-bond acceptors (Lipinski definition) is 1. The van der Waals surface area contributed by atoms with Gasteiger partial charge in [-0.3, -0.25) is 0 Å². The van der Waals surface area contributed by atoms with Crippen molar-refractivity contribution in [2.45, 2.75) is 27.7 Å². The first kappa shape index (κ1) is 16.8. The molecule has 3 aromatic carbocycles. The lowest BCUT2D eigenvalue weighted by molar-refractivity contribution is 1.43. The van der Waals surface area contributed by atoms with E-state index in [-0.39, 0.29) is 0 Å². The second kappa shape index (κ2) is 8.19. The van der Waals surface area contributed by atoms with Crippen LogP contribution in [0.4, 0.5) is 11.4 Å². The first-order chi connectivity index (χ1) is 11.3. The molecule has 0 aromatic heterocycles. The maximum Gasteiger partial charge on any atom is 0.0390 e. The quantitative estimate of drug-likeness (QED) is 0.552. The smallest absolute Gasteiger partial charge is 0.0390 e. The second-order valence-corrected chi connectivity index (χ2v) is 5.26. The Labute approximate surface area is 139 Å². The summed E-state index contributed by atoms with van der Waals surface area (Å²) in [5.41, 5.74) is 4.77. The molecule has 0 spiro atoms. The minimum atomic E-state index is 1.11. The minimum Gasteiger partial charge on any atom is -0.355 e. The maximum absolute atomic E-state index is 3.49. The molecule has 0 aliphatic rings. The van der Waals surface area contributed by atoms with E-state index >= 15 is 0 Å². The lowest BCUT2D eigenvalue weighted by atomic mass is 10.1. The number of aryl methyl sites for hydroxylation is 1. The van der Waals surface area contributed by atoms with E-state index in [4.69, 9.17) is 0 Å².